The van der Waals surface area contributed by atoms with Crippen LogP contribution in [0, 0.1) is 12.8 Å². The number of benzene rings is 1. The quantitative estimate of drug-likeness (QED) is 0.802. The van der Waals surface area contributed by atoms with E-state index in [2.05, 4.69) is 13.8 Å². The van der Waals surface area contributed by atoms with Crippen molar-refractivity contribution in [1.82, 2.24) is 0 Å². The lowest BCUT2D eigenvalue weighted by Gasteiger charge is -2.08. The molecule has 1 unspecified atom stereocenters. The van der Waals surface area contributed by atoms with E-state index in [1.165, 1.54) is 0 Å². The molecule has 16 heavy (non-hydrogen) atoms. The second kappa shape index (κ2) is 6.04. The van der Waals surface area contributed by atoms with E-state index < -0.39 is 10.8 Å². The third-order valence-electron chi connectivity index (χ3n) is 2.68. The lowest BCUT2D eigenvalue weighted by atomic mass is 10.1. The van der Waals surface area contributed by atoms with Gasteiger partial charge in [0.2, 0.25) is 0 Å². The maximum Gasteiger partial charge on any atom is 0.0532 e. The molecule has 3 heteroatoms. The first-order chi connectivity index (χ1) is 7.52. The first-order valence-corrected chi connectivity index (χ1v) is 7.07. The maximum absolute atomic E-state index is 12.1. The molecular formula is C13H21NOS. The molecule has 2 nitrogen and oxygen atoms in total. The van der Waals surface area contributed by atoms with Crippen LogP contribution in [0.1, 0.15) is 32.3 Å². The van der Waals surface area contributed by atoms with Gasteiger partial charge in [0.25, 0.3) is 0 Å². The Morgan fingerprint density at radius 3 is 2.69 bits per heavy atom. The van der Waals surface area contributed by atoms with Crippen molar-refractivity contribution in [2.75, 3.05) is 11.5 Å². The molecule has 1 rings (SSSR count). The molecule has 0 aromatic heterocycles. The Kier molecular flexibility index (Phi) is 5.00. The van der Waals surface area contributed by atoms with Crippen LogP contribution in [0.25, 0.3) is 0 Å². The van der Waals surface area contributed by atoms with E-state index in [4.69, 9.17) is 5.73 Å². The summed E-state index contributed by atoms with van der Waals surface area (Å²) < 4.78 is 12.1. The Morgan fingerprint density at radius 2 is 2.06 bits per heavy atom. The summed E-state index contributed by atoms with van der Waals surface area (Å²) in [6, 6.07) is 5.64. The van der Waals surface area contributed by atoms with Gasteiger partial charge in [-0.05, 0) is 37.0 Å². The van der Waals surface area contributed by atoms with Crippen LogP contribution >= 0.6 is 0 Å². The predicted molar refractivity (Wildman–Crippen MR) is 70.9 cm³/mol. The summed E-state index contributed by atoms with van der Waals surface area (Å²) in [5.41, 5.74) is 7.50. The zero-order valence-corrected chi connectivity index (χ0v) is 11.1. The van der Waals surface area contributed by atoms with Crippen LogP contribution in [0.15, 0.2) is 23.1 Å². The van der Waals surface area contributed by atoms with Crippen molar-refractivity contribution >= 4 is 16.5 Å². The van der Waals surface area contributed by atoms with Crippen molar-refractivity contribution in [3.05, 3.63) is 23.8 Å². The number of nitrogens with two attached hydrogens (primary N) is 1. The molecule has 0 aliphatic carbocycles. The predicted octanol–water partition coefficient (Wildman–Crippen LogP) is 3.12. The Bertz CT molecular complexity index is 374. The molecule has 0 heterocycles. The van der Waals surface area contributed by atoms with Crippen LogP contribution in [0.4, 0.5) is 5.69 Å². The summed E-state index contributed by atoms with van der Waals surface area (Å²) in [5.74, 6) is 1.42. The van der Waals surface area contributed by atoms with Crippen molar-refractivity contribution in [2.24, 2.45) is 5.92 Å². The fraction of sp³-hybridized carbons (Fsp3) is 0.538. The molecule has 0 bridgehead atoms. The van der Waals surface area contributed by atoms with Gasteiger partial charge in [-0.3, -0.25) is 4.21 Å². The average molecular weight is 239 g/mol. The van der Waals surface area contributed by atoms with Gasteiger partial charge in [0.05, 0.1) is 10.8 Å². The highest BCUT2D eigenvalue weighted by Gasteiger charge is 2.08. The molecule has 1 aromatic rings. The Hall–Kier alpha value is -0.830. The molecule has 90 valence electrons. The van der Waals surface area contributed by atoms with Gasteiger partial charge in [0.1, 0.15) is 0 Å². The number of hydrogen-bond acceptors (Lipinski definition) is 2. The van der Waals surface area contributed by atoms with E-state index in [-0.39, 0.29) is 0 Å². The lowest BCUT2D eigenvalue weighted by molar-refractivity contribution is 0.575. The molecule has 0 saturated heterocycles. The molecule has 0 aliphatic rings. The minimum atomic E-state index is -0.902. The average Bonchev–Trinajstić information content (AvgIpc) is 2.21. The third-order valence-corrected chi connectivity index (χ3v) is 4.27. The van der Waals surface area contributed by atoms with Gasteiger partial charge in [0, 0.05) is 16.3 Å². The molecule has 0 fully saturated rings. The van der Waals surface area contributed by atoms with E-state index in [1.807, 2.05) is 25.1 Å². The summed E-state index contributed by atoms with van der Waals surface area (Å²) in [6.45, 7) is 6.31. The second-order valence-corrected chi connectivity index (χ2v) is 6.10. The van der Waals surface area contributed by atoms with Crippen LogP contribution in [-0.4, -0.2) is 9.96 Å². The third kappa shape index (κ3) is 3.63. The first-order valence-electron chi connectivity index (χ1n) is 5.76. The standard InChI is InChI=1S/C13H21NOS/c1-10(2)6-5-9-16(15)13-8-4-7-12(14)11(13)3/h4,7-8,10H,5-6,9,14H2,1-3H3. The summed E-state index contributed by atoms with van der Waals surface area (Å²) in [6.07, 6.45) is 2.14. The van der Waals surface area contributed by atoms with Crippen LogP contribution in [0.2, 0.25) is 0 Å². The summed E-state index contributed by atoms with van der Waals surface area (Å²) >= 11 is 0. The summed E-state index contributed by atoms with van der Waals surface area (Å²) in [4.78, 5) is 0.892. The van der Waals surface area contributed by atoms with Crippen molar-refractivity contribution in [2.45, 2.75) is 38.5 Å². The fourth-order valence-corrected chi connectivity index (χ4v) is 2.95. The lowest BCUT2D eigenvalue weighted by Crippen LogP contribution is -2.03. The summed E-state index contributed by atoms with van der Waals surface area (Å²) in [5, 5.41) is 0. The van der Waals surface area contributed by atoms with E-state index in [1.54, 1.807) is 0 Å². The molecule has 0 aliphatic heterocycles. The topological polar surface area (TPSA) is 43.1 Å². The van der Waals surface area contributed by atoms with Crippen LogP contribution in [0.3, 0.4) is 0 Å². The maximum atomic E-state index is 12.1. The molecule has 0 radical (unpaired) electrons. The van der Waals surface area contributed by atoms with Gasteiger partial charge in [-0.2, -0.15) is 0 Å². The van der Waals surface area contributed by atoms with Crippen molar-refractivity contribution in [3.63, 3.8) is 0 Å². The van der Waals surface area contributed by atoms with Crippen LogP contribution in [0.5, 0.6) is 0 Å². The Balaban J connectivity index is 2.63. The van der Waals surface area contributed by atoms with Gasteiger partial charge < -0.3 is 5.73 Å². The first kappa shape index (κ1) is 13.2. The fourth-order valence-electron chi connectivity index (χ4n) is 1.61. The minimum absolute atomic E-state index is 0.680. The van der Waals surface area contributed by atoms with E-state index in [0.29, 0.717) is 5.92 Å². The molecule has 1 atom stereocenters. The molecule has 0 amide bonds. The van der Waals surface area contributed by atoms with Crippen molar-refractivity contribution in [1.29, 1.82) is 0 Å². The highest BCUT2D eigenvalue weighted by molar-refractivity contribution is 7.85. The molecule has 0 saturated carbocycles. The number of rotatable bonds is 5. The number of anilines is 1. The van der Waals surface area contributed by atoms with Crippen molar-refractivity contribution < 1.29 is 4.21 Å². The highest BCUT2D eigenvalue weighted by Crippen LogP contribution is 2.20. The normalized spacial score (nSPS) is 13.0. The minimum Gasteiger partial charge on any atom is -0.398 e. The molecule has 1 aromatic carbocycles. The van der Waals surface area contributed by atoms with E-state index in [9.17, 15) is 4.21 Å². The monoisotopic (exact) mass is 239 g/mol. The smallest absolute Gasteiger partial charge is 0.0532 e. The molecule has 0 spiro atoms. The summed E-state index contributed by atoms with van der Waals surface area (Å²) in [7, 11) is -0.902. The van der Waals surface area contributed by atoms with Gasteiger partial charge in [-0.15, -0.1) is 0 Å². The zero-order valence-electron chi connectivity index (χ0n) is 10.3. The number of nitrogen functional groups attached to an aromatic ring is 1. The molecule has 2 N–H and O–H groups in total. The Labute approximate surface area is 101 Å². The number of hydrogen-bond donors (Lipinski definition) is 1. The largest absolute Gasteiger partial charge is 0.398 e. The van der Waals surface area contributed by atoms with E-state index >= 15 is 0 Å². The highest BCUT2D eigenvalue weighted by atomic mass is 32.2. The van der Waals surface area contributed by atoms with Crippen LogP contribution < -0.4 is 5.73 Å². The van der Waals surface area contributed by atoms with Gasteiger partial charge in [-0.1, -0.05) is 26.3 Å². The Morgan fingerprint density at radius 1 is 1.38 bits per heavy atom. The van der Waals surface area contributed by atoms with Gasteiger partial charge in [0.15, 0.2) is 0 Å². The van der Waals surface area contributed by atoms with Crippen LogP contribution in [-0.2, 0) is 10.8 Å². The van der Waals surface area contributed by atoms with Gasteiger partial charge >= 0.3 is 0 Å². The van der Waals surface area contributed by atoms with Gasteiger partial charge in [-0.25, -0.2) is 0 Å². The van der Waals surface area contributed by atoms with Crippen molar-refractivity contribution in [3.8, 4) is 0 Å². The SMILES string of the molecule is Cc1c(N)cccc1S(=O)CCCC(C)C. The van der Waals surface area contributed by atoms with E-state index in [0.717, 1.165) is 34.7 Å². The molecular weight excluding hydrogens is 218 g/mol. The zero-order chi connectivity index (χ0) is 12.1. The second-order valence-electron chi connectivity index (χ2n) is 4.56.